The van der Waals surface area contributed by atoms with Gasteiger partial charge in [0.2, 0.25) is 5.91 Å². The SMILES string of the molecule is NC(=Nc1ccc(CCCC(=O)N2CCc3ccccc3C2)cc1)N1CCCC1. The van der Waals surface area contributed by atoms with E-state index in [1.54, 1.807) is 0 Å². The third-order valence-corrected chi connectivity index (χ3v) is 5.95. The van der Waals surface area contributed by atoms with Crippen LogP contribution in [-0.2, 0) is 24.2 Å². The first-order valence-corrected chi connectivity index (χ1v) is 10.7. The third-order valence-electron chi connectivity index (χ3n) is 5.95. The molecule has 0 saturated carbocycles. The van der Waals surface area contributed by atoms with E-state index < -0.39 is 0 Å². The average molecular weight is 391 g/mol. The fourth-order valence-electron chi connectivity index (χ4n) is 4.20. The largest absolute Gasteiger partial charge is 0.369 e. The zero-order valence-corrected chi connectivity index (χ0v) is 17.0. The van der Waals surface area contributed by atoms with Crippen LogP contribution in [0, 0.1) is 0 Å². The molecule has 2 aromatic carbocycles. The molecule has 0 aromatic heterocycles. The molecule has 0 aliphatic carbocycles. The molecule has 5 nitrogen and oxygen atoms in total. The topological polar surface area (TPSA) is 61.9 Å². The summed E-state index contributed by atoms with van der Waals surface area (Å²) in [6.07, 6.45) is 5.72. The summed E-state index contributed by atoms with van der Waals surface area (Å²) in [6, 6.07) is 16.7. The van der Waals surface area contributed by atoms with Crippen molar-refractivity contribution in [2.45, 2.75) is 45.1 Å². The Morgan fingerprint density at radius 3 is 2.41 bits per heavy atom. The van der Waals surface area contributed by atoms with Crippen molar-refractivity contribution < 1.29 is 4.79 Å². The van der Waals surface area contributed by atoms with Crippen LogP contribution in [0.5, 0.6) is 0 Å². The van der Waals surface area contributed by atoms with Crippen molar-refractivity contribution in [2.75, 3.05) is 19.6 Å². The Balaban J connectivity index is 1.24. The third kappa shape index (κ3) is 4.97. The number of hydrogen-bond acceptors (Lipinski definition) is 2. The second-order valence-corrected chi connectivity index (χ2v) is 8.02. The normalized spacial score (nSPS) is 16.8. The molecule has 4 rings (SSSR count). The van der Waals surface area contributed by atoms with Gasteiger partial charge in [-0.05, 0) is 60.9 Å². The second kappa shape index (κ2) is 9.12. The Morgan fingerprint density at radius 1 is 0.931 bits per heavy atom. The van der Waals surface area contributed by atoms with Crippen LogP contribution >= 0.6 is 0 Å². The van der Waals surface area contributed by atoms with Crippen molar-refractivity contribution in [3.8, 4) is 0 Å². The summed E-state index contributed by atoms with van der Waals surface area (Å²) < 4.78 is 0. The number of aliphatic imine (C=N–C) groups is 1. The quantitative estimate of drug-likeness (QED) is 0.626. The number of hydrogen-bond donors (Lipinski definition) is 1. The van der Waals surface area contributed by atoms with Crippen molar-refractivity contribution in [2.24, 2.45) is 10.7 Å². The molecule has 1 fully saturated rings. The summed E-state index contributed by atoms with van der Waals surface area (Å²) in [5.74, 6) is 0.878. The first kappa shape index (κ1) is 19.5. The zero-order valence-electron chi connectivity index (χ0n) is 17.0. The highest BCUT2D eigenvalue weighted by molar-refractivity contribution is 5.81. The Bertz CT molecular complexity index is 869. The molecule has 2 aliphatic heterocycles. The summed E-state index contributed by atoms with van der Waals surface area (Å²) in [5.41, 5.74) is 10.9. The predicted octanol–water partition coefficient (Wildman–Crippen LogP) is 3.64. The summed E-state index contributed by atoms with van der Waals surface area (Å²) in [6.45, 7) is 3.59. The lowest BCUT2D eigenvalue weighted by molar-refractivity contribution is -0.132. The molecule has 0 spiro atoms. The van der Waals surface area contributed by atoms with E-state index in [4.69, 9.17) is 5.73 Å². The highest BCUT2D eigenvalue weighted by Gasteiger charge is 2.19. The Morgan fingerprint density at radius 2 is 1.66 bits per heavy atom. The van der Waals surface area contributed by atoms with Crippen molar-refractivity contribution >= 4 is 17.6 Å². The van der Waals surface area contributed by atoms with Crippen LogP contribution in [0.4, 0.5) is 5.69 Å². The fourth-order valence-corrected chi connectivity index (χ4v) is 4.20. The first-order chi connectivity index (χ1) is 14.2. The van der Waals surface area contributed by atoms with Gasteiger partial charge in [-0.2, -0.15) is 0 Å². The van der Waals surface area contributed by atoms with Gasteiger partial charge in [-0.25, -0.2) is 4.99 Å². The number of fused-ring (bicyclic) bond motifs is 1. The molecular weight excluding hydrogens is 360 g/mol. The Hall–Kier alpha value is -2.82. The fraction of sp³-hybridized carbons (Fsp3) is 0.417. The minimum atomic E-state index is 0.263. The molecule has 1 amide bonds. The van der Waals surface area contributed by atoms with Gasteiger partial charge in [0.05, 0.1) is 5.69 Å². The van der Waals surface area contributed by atoms with Crippen LogP contribution < -0.4 is 5.73 Å². The standard InChI is InChI=1S/C24H30N4O/c25-24(27-15-3-4-16-27)26-22-12-10-19(11-13-22)6-5-9-23(29)28-17-14-20-7-1-2-8-21(20)18-28/h1-2,7-8,10-13H,3-6,9,14-18H2,(H2,25,26). The van der Waals surface area contributed by atoms with E-state index in [0.29, 0.717) is 12.4 Å². The number of nitrogens with zero attached hydrogens (tertiary/aromatic N) is 3. The molecule has 29 heavy (non-hydrogen) atoms. The van der Waals surface area contributed by atoms with Gasteiger partial charge in [-0.3, -0.25) is 4.79 Å². The molecule has 152 valence electrons. The number of guanidine groups is 1. The van der Waals surface area contributed by atoms with Crippen LogP contribution in [0.1, 0.15) is 42.4 Å². The van der Waals surface area contributed by atoms with Crippen LogP contribution in [0.2, 0.25) is 0 Å². The van der Waals surface area contributed by atoms with E-state index in [0.717, 1.165) is 51.1 Å². The first-order valence-electron chi connectivity index (χ1n) is 10.7. The predicted molar refractivity (Wildman–Crippen MR) is 117 cm³/mol. The Kier molecular flexibility index (Phi) is 6.13. The lowest BCUT2D eigenvalue weighted by Gasteiger charge is -2.29. The molecule has 5 heteroatoms. The van der Waals surface area contributed by atoms with Crippen LogP contribution in [0.25, 0.3) is 0 Å². The summed E-state index contributed by atoms with van der Waals surface area (Å²) >= 11 is 0. The molecule has 1 saturated heterocycles. The highest BCUT2D eigenvalue weighted by Crippen LogP contribution is 2.20. The summed E-state index contributed by atoms with van der Waals surface area (Å²) in [7, 11) is 0. The number of amides is 1. The maximum Gasteiger partial charge on any atom is 0.222 e. The van der Waals surface area contributed by atoms with Gasteiger partial charge in [-0.15, -0.1) is 0 Å². The number of carbonyl (C=O) groups excluding carboxylic acids is 1. The van der Waals surface area contributed by atoms with Gasteiger partial charge in [0, 0.05) is 32.6 Å². The minimum absolute atomic E-state index is 0.263. The molecule has 2 N–H and O–H groups in total. The van der Waals surface area contributed by atoms with Gasteiger partial charge in [0.25, 0.3) is 0 Å². The van der Waals surface area contributed by atoms with E-state index in [1.165, 1.54) is 29.5 Å². The number of aryl methyl sites for hydroxylation is 1. The van der Waals surface area contributed by atoms with Crippen molar-refractivity contribution in [1.82, 2.24) is 9.80 Å². The van der Waals surface area contributed by atoms with Gasteiger partial charge in [0.15, 0.2) is 5.96 Å². The molecule has 0 atom stereocenters. The number of carbonyl (C=O) groups is 1. The molecule has 2 aromatic rings. The molecule has 0 bridgehead atoms. The Labute approximate surface area is 173 Å². The second-order valence-electron chi connectivity index (χ2n) is 8.02. The van der Waals surface area contributed by atoms with Gasteiger partial charge in [0.1, 0.15) is 0 Å². The van der Waals surface area contributed by atoms with E-state index in [1.807, 2.05) is 17.0 Å². The van der Waals surface area contributed by atoms with Crippen LogP contribution in [0.15, 0.2) is 53.5 Å². The van der Waals surface area contributed by atoms with E-state index >= 15 is 0 Å². The van der Waals surface area contributed by atoms with E-state index in [-0.39, 0.29) is 5.91 Å². The minimum Gasteiger partial charge on any atom is -0.369 e. The smallest absolute Gasteiger partial charge is 0.222 e. The van der Waals surface area contributed by atoms with Crippen molar-refractivity contribution in [1.29, 1.82) is 0 Å². The molecule has 2 heterocycles. The van der Waals surface area contributed by atoms with Crippen LogP contribution in [0.3, 0.4) is 0 Å². The van der Waals surface area contributed by atoms with Gasteiger partial charge in [-0.1, -0.05) is 36.4 Å². The van der Waals surface area contributed by atoms with E-state index in [2.05, 4.69) is 46.3 Å². The van der Waals surface area contributed by atoms with Crippen molar-refractivity contribution in [3.63, 3.8) is 0 Å². The molecular formula is C24H30N4O. The zero-order chi connectivity index (χ0) is 20.1. The average Bonchev–Trinajstić information content (AvgIpc) is 3.30. The van der Waals surface area contributed by atoms with Gasteiger partial charge >= 0.3 is 0 Å². The summed E-state index contributed by atoms with van der Waals surface area (Å²) in [4.78, 5) is 21.3. The maximum atomic E-state index is 12.6. The van der Waals surface area contributed by atoms with Gasteiger partial charge < -0.3 is 15.5 Å². The monoisotopic (exact) mass is 390 g/mol. The number of nitrogens with two attached hydrogens (primary N) is 1. The van der Waals surface area contributed by atoms with Crippen LogP contribution in [-0.4, -0.2) is 41.3 Å². The maximum absolute atomic E-state index is 12.6. The lowest BCUT2D eigenvalue weighted by Crippen LogP contribution is -2.35. The highest BCUT2D eigenvalue weighted by atomic mass is 16.2. The molecule has 0 radical (unpaired) electrons. The summed E-state index contributed by atoms with van der Waals surface area (Å²) in [5, 5.41) is 0. The molecule has 0 unspecified atom stereocenters. The molecule has 2 aliphatic rings. The number of likely N-dealkylation sites (tertiary alicyclic amines) is 1. The number of rotatable bonds is 5. The van der Waals surface area contributed by atoms with Crippen molar-refractivity contribution in [3.05, 3.63) is 65.2 Å². The van der Waals surface area contributed by atoms with E-state index in [9.17, 15) is 4.79 Å². The number of benzene rings is 2. The lowest BCUT2D eigenvalue weighted by atomic mass is 9.99.